The van der Waals surface area contributed by atoms with Crippen LogP contribution in [0.2, 0.25) is 0 Å². The molecule has 6 nitrogen and oxygen atoms in total. The summed E-state index contributed by atoms with van der Waals surface area (Å²) >= 11 is 0. The number of benzene rings is 2. The summed E-state index contributed by atoms with van der Waals surface area (Å²) in [5.41, 5.74) is 3.09. The Kier molecular flexibility index (Phi) is 5.82. The second-order valence-electron chi connectivity index (χ2n) is 8.97. The number of nitrogens with one attached hydrogen (secondary N) is 1. The van der Waals surface area contributed by atoms with Gasteiger partial charge in [-0.2, -0.15) is 5.10 Å². The first-order chi connectivity index (χ1) is 15.2. The van der Waals surface area contributed by atoms with Gasteiger partial charge in [-0.1, -0.05) is 19.9 Å². The molecule has 1 N–H and O–H groups in total. The number of carbonyl (C=O) groups is 2. The molecule has 0 radical (unpaired) electrons. The van der Waals surface area contributed by atoms with Crippen molar-refractivity contribution in [2.45, 2.75) is 39.7 Å². The van der Waals surface area contributed by atoms with Crippen LogP contribution in [0.25, 0.3) is 5.69 Å². The summed E-state index contributed by atoms with van der Waals surface area (Å²) in [4.78, 5) is 24.0. The van der Waals surface area contributed by atoms with Gasteiger partial charge in [-0.3, -0.25) is 9.59 Å². The van der Waals surface area contributed by atoms with Crippen molar-refractivity contribution in [3.8, 4) is 11.4 Å². The van der Waals surface area contributed by atoms with Gasteiger partial charge >= 0.3 is 0 Å². The molecule has 1 aliphatic carbocycles. The predicted molar refractivity (Wildman–Crippen MR) is 118 cm³/mol. The van der Waals surface area contributed by atoms with E-state index in [1.54, 1.807) is 41.2 Å². The lowest BCUT2D eigenvalue weighted by Gasteiger charge is -2.36. The number of hydrogen-bond acceptors (Lipinski definition) is 4. The molecule has 32 heavy (non-hydrogen) atoms. The van der Waals surface area contributed by atoms with Gasteiger partial charge in [0.15, 0.2) is 12.4 Å². The zero-order valence-corrected chi connectivity index (χ0v) is 18.4. The highest BCUT2D eigenvalue weighted by atomic mass is 19.1. The number of carbonyl (C=O) groups excluding carboxylic acids is 2. The Hall–Kier alpha value is -3.48. The van der Waals surface area contributed by atoms with E-state index in [2.05, 4.69) is 24.3 Å². The molecule has 7 heteroatoms. The van der Waals surface area contributed by atoms with Gasteiger partial charge in [0, 0.05) is 11.1 Å². The third-order valence-corrected chi connectivity index (χ3v) is 5.70. The van der Waals surface area contributed by atoms with Crippen LogP contribution in [-0.2, 0) is 11.2 Å². The van der Waals surface area contributed by atoms with Crippen LogP contribution >= 0.6 is 0 Å². The van der Waals surface area contributed by atoms with Crippen molar-refractivity contribution in [2.24, 2.45) is 5.41 Å². The van der Waals surface area contributed by atoms with Crippen LogP contribution in [0.1, 0.15) is 54.8 Å². The maximum atomic E-state index is 13.7. The van der Waals surface area contributed by atoms with Crippen LogP contribution in [0.4, 0.5) is 4.39 Å². The second-order valence-corrected chi connectivity index (χ2v) is 8.97. The van der Waals surface area contributed by atoms with Crippen molar-refractivity contribution < 1.29 is 18.7 Å². The SMILES string of the molecule is CC(=O)c1ccc(OCC(=O)N[C@@H]2CC(C)(C)Cc3c2cnn3-c2cccc(F)c2)cc1. The molecule has 3 aromatic rings. The van der Waals surface area contributed by atoms with Gasteiger partial charge in [0.05, 0.1) is 23.6 Å². The third kappa shape index (κ3) is 4.72. The summed E-state index contributed by atoms with van der Waals surface area (Å²) in [6.07, 6.45) is 3.28. The molecule has 0 saturated carbocycles. The maximum Gasteiger partial charge on any atom is 0.258 e. The highest BCUT2D eigenvalue weighted by molar-refractivity contribution is 5.94. The molecule has 0 bridgehead atoms. The first kappa shape index (κ1) is 21.7. The number of amides is 1. The lowest BCUT2D eigenvalue weighted by molar-refractivity contribution is -0.124. The fraction of sp³-hybridized carbons (Fsp3) is 0.320. The molecule has 0 unspecified atom stereocenters. The Morgan fingerprint density at radius 2 is 1.97 bits per heavy atom. The zero-order chi connectivity index (χ0) is 22.9. The van der Waals surface area contributed by atoms with Crippen molar-refractivity contribution in [1.82, 2.24) is 15.1 Å². The summed E-state index contributed by atoms with van der Waals surface area (Å²) in [5.74, 6) is -0.0644. The van der Waals surface area contributed by atoms with Gasteiger partial charge in [0.25, 0.3) is 5.91 Å². The van der Waals surface area contributed by atoms with E-state index in [1.807, 2.05) is 6.07 Å². The average Bonchev–Trinajstić information content (AvgIpc) is 3.15. The predicted octanol–water partition coefficient (Wildman–Crippen LogP) is 4.42. The van der Waals surface area contributed by atoms with Gasteiger partial charge in [-0.05, 0) is 67.6 Å². The fourth-order valence-corrected chi connectivity index (χ4v) is 4.17. The molecule has 0 fully saturated rings. The number of hydrogen-bond donors (Lipinski definition) is 1. The minimum Gasteiger partial charge on any atom is -0.484 e. The number of aromatic nitrogens is 2. The van der Waals surface area contributed by atoms with Crippen LogP contribution in [0, 0.1) is 11.2 Å². The molecule has 0 saturated heterocycles. The van der Waals surface area contributed by atoms with Crippen LogP contribution in [0.15, 0.2) is 54.7 Å². The van der Waals surface area contributed by atoms with Crippen LogP contribution < -0.4 is 10.1 Å². The van der Waals surface area contributed by atoms with Crippen molar-refractivity contribution in [3.05, 3.63) is 77.4 Å². The summed E-state index contributed by atoms with van der Waals surface area (Å²) in [6.45, 7) is 5.65. The Labute approximate surface area is 186 Å². The van der Waals surface area contributed by atoms with E-state index in [1.165, 1.54) is 19.1 Å². The molecular formula is C25H26FN3O3. The molecule has 1 atom stereocenters. The molecule has 4 rings (SSSR count). The quantitative estimate of drug-likeness (QED) is 0.582. The molecular weight excluding hydrogens is 409 g/mol. The minimum atomic E-state index is -0.319. The molecule has 0 aliphatic heterocycles. The smallest absolute Gasteiger partial charge is 0.258 e. The molecule has 2 aromatic carbocycles. The van der Waals surface area contributed by atoms with Gasteiger partial charge in [-0.25, -0.2) is 9.07 Å². The Morgan fingerprint density at radius 1 is 1.22 bits per heavy atom. The number of ether oxygens (including phenoxy) is 1. The van der Waals surface area contributed by atoms with Gasteiger partial charge in [0.2, 0.25) is 0 Å². The van der Waals surface area contributed by atoms with Gasteiger partial charge < -0.3 is 10.1 Å². The molecule has 1 aromatic heterocycles. The van der Waals surface area contributed by atoms with E-state index in [-0.39, 0.29) is 35.6 Å². The first-order valence-electron chi connectivity index (χ1n) is 10.6. The van der Waals surface area contributed by atoms with Crippen LogP contribution in [0.5, 0.6) is 5.75 Å². The van der Waals surface area contributed by atoms with Gasteiger partial charge in [-0.15, -0.1) is 0 Å². The number of nitrogens with zero attached hydrogens (tertiary/aromatic N) is 2. The van der Waals surface area contributed by atoms with Crippen molar-refractivity contribution in [1.29, 1.82) is 0 Å². The highest BCUT2D eigenvalue weighted by Crippen LogP contribution is 2.41. The molecule has 0 spiro atoms. The van der Waals surface area contributed by atoms with E-state index < -0.39 is 0 Å². The maximum absolute atomic E-state index is 13.7. The molecule has 1 aliphatic rings. The Bertz CT molecular complexity index is 1150. The summed E-state index contributed by atoms with van der Waals surface area (Å²) in [7, 11) is 0. The van der Waals surface area contributed by atoms with E-state index in [0.717, 1.165) is 24.1 Å². The van der Waals surface area contributed by atoms with E-state index in [0.29, 0.717) is 17.0 Å². The second kappa shape index (κ2) is 8.57. The highest BCUT2D eigenvalue weighted by Gasteiger charge is 2.36. The van der Waals surface area contributed by atoms with Crippen LogP contribution in [0.3, 0.4) is 0 Å². The molecule has 166 valence electrons. The van der Waals surface area contributed by atoms with E-state index in [9.17, 15) is 14.0 Å². The number of fused-ring (bicyclic) bond motifs is 1. The largest absolute Gasteiger partial charge is 0.484 e. The van der Waals surface area contributed by atoms with Crippen molar-refractivity contribution >= 4 is 11.7 Å². The summed E-state index contributed by atoms with van der Waals surface area (Å²) in [6, 6.07) is 12.8. The molecule has 1 heterocycles. The number of ketones is 1. The lowest BCUT2D eigenvalue weighted by atomic mass is 9.74. The normalized spacial score (nSPS) is 16.8. The lowest BCUT2D eigenvalue weighted by Crippen LogP contribution is -2.38. The van der Waals surface area contributed by atoms with Crippen molar-refractivity contribution in [2.75, 3.05) is 6.61 Å². The van der Waals surface area contributed by atoms with Gasteiger partial charge in [0.1, 0.15) is 11.6 Å². The standard InChI is InChI=1S/C25H26FN3O3/c1-16(30)17-7-9-20(10-8-17)32-15-24(31)28-22-12-25(2,3)13-23-21(22)14-27-29(23)19-6-4-5-18(26)11-19/h4-11,14,22H,12-13,15H2,1-3H3,(H,28,31)/t22-/m1/s1. The Morgan fingerprint density at radius 3 is 2.66 bits per heavy atom. The van der Waals surface area contributed by atoms with Crippen LogP contribution in [-0.4, -0.2) is 28.1 Å². The molecule has 1 amide bonds. The zero-order valence-electron chi connectivity index (χ0n) is 18.4. The average molecular weight is 435 g/mol. The topological polar surface area (TPSA) is 73.2 Å². The summed E-state index contributed by atoms with van der Waals surface area (Å²) < 4.78 is 21.1. The minimum absolute atomic E-state index is 0.0243. The Balaban J connectivity index is 1.48. The number of halogens is 1. The van der Waals surface area contributed by atoms with Crippen molar-refractivity contribution in [3.63, 3.8) is 0 Å². The first-order valence-corrected chi connectivity index (χ1v) is 10.6. The van der Waals surface area contributed by atoms with E-state index >= 15 is 0 Å². The van der Waals surface area contributed by atoms with E-state index in [4.69, 9.17) is 4.74 Å². The third-order valence-electron chi connectivity index (χ3n) is 5.70. The summed E-state index contributed by atoms with van der Waals surface area (Å²) in [5, 5.41) is 7.55. The monoisotopic (exact) mass is 435 g/mol. The number of Topliss-reactive ketones (excluding diaryl/α,β-unsaturated/α-hetero) is 1. The number of rotatable bonds is 6. The fourth-order valence-electron chi connectivity index (χ4n) is 4.17.